The fourth-order valence-electron chi connectivity index (χ4n) is 3.81. The van der Waals surface area contributed by atoms with Crippen molar-refractivity contribution in [1.29, 1.82) is 0 Å². The van der Waals surface area contributed by atoms with Crippen LogP contribution in [0.1, 0.15) is 39.5 Å². The number of nitrogens with zero attached hydrogens (tertiary/aromatic N) is 2. The van der Waals surface area contributed by atoms with Crippen LogP contribution in [0.5, 0.6) is 0 Å². The van der Waals surface area contributed by atoms with Crippen molar-refractivity contribution in [2.75, 3.05) is 22.9 Å². The first kappa shape index (κ1) is 20.1. The van der Waals surface area contributed by atoms with Gasteiger partial charge in [-0.2, -0.15) is 0 Å². The number of unbranched alkanes of at least 4 members (excludes halogenated alkanes) is 2. The number of Topliss-reactive ketones (excluding diaryl/α,β-unsaturated/α-hetero) is 2. The van der Waals surface area contributed by atoms with Crippen LogP contribution in [-0.2, 0) is 9.59 Å². The number of carbonyl (C=O) groups is 2. The minimum atomic E-state index is -0.660. The van der Waals surface area contributed by atoms with Crippen LogP contribution in [-0.4, -0.2) is 36.7 Å². The van der Waals surface area contributed by atoms with Crippen molar-refractivity contribution >= 4 is 22.9 Å². The predicted molar refractivity (Wildman–Crippen MR) is 115 cm³/mol. The Hall–Kier alpha value is -2.62. The molecule has 1 aliphatic carbocycles. The molecule has 1 fully saturated rings. The van der Waals surface area contributed by atoms with E-state index < -0.39 is 12.1 Å². The lowest BCUT2D eigenvalue weighted by atomic mass is 9.80. The first-order valence-electron chi connectivity index (χ1n) is 10.4. The van der Waals surface area contributed by atoms with E-state index in [1.165, 1.54) is 0 Å². The monoisotopic (exact) mass is 378 g/mol. The van der Waals surface area contributed by atoms with Gasteiger partial charge in [0.15, 0.2) is 23.7 Å². The molecule has 1 saturated carbocycles. The summed E-state index contributed by atoms with van der Waals surface area (Å²) in [5.41, 5.74) is 1.89. The standard InChI is InChI=1S/C24H30N2O2/c1-3-5-17-25(19-13-9-7-10-14-19)21-23(27)22(24(21)28)26(18-6-4-2)20-15-11-8-12-16-20/h7-16,21-22H,3-6,17-18H2,1-2H3. The number of carbonyl (C=O) groups excluding carboxylic acids is 2. The Kier molecular flexibility index (Phi) is 6.85. The van der Waals surface area contributed by atoms with Gasteiger partial charge in [-0.25, -0.2) is 0 Å². The van der Waals surface area contributed by atoms with Crippen molar-refractivity contribution < 1.29 is 9.59 Å². The molecular weight excluding hydrogens is 348 g/mol. The minimum absolute atomic E-state index is 0.0184. The lowest BCUT2D eigenvalue weighted by Gasteiger charge is -2.46. The summed E-state index contributed by atoms with van der Waals surface area (Å²) in [5, 5.41) is 0. The molecule has 28 heavy (non-hydrogen) atoms. The van der Waals surface area contributed by atoms with Crippen LogP contribution in [0.15, 0.2) is 60.7 Å². The van der Waals surface area contributed by atoms with Gasteiger partial charge < -0.3 is 9.80 Å². The molecule has 0 radical (unpaired) electrons. The molecule has 0 aliphatic heterocycles. The van der Waals surface area contributed by atoms with Crippen LogP contribution in [0.2, 0.25) is 0 Å². The second kappa shape index (κ2) is 9.54. The highest BCUT2D eigenvalue weighted by molar-refractivity contribution is 6.33. The summed E-state index contributed by atoms with van der Waals surface area (Å²) in [5.74, 6) is 0.0369. The highest BCUT2D eigenvalue weighted by Gasteiger charge is 2.54. The van der Waals surface area contributed by atoms with Crippen molar-refractivity contribution in [3.63, 3.8) is 0 Å². The zero-order valence-electron chi connectivity index (χ0n) is 16.9. The Labute approximate surface area is 168 Å². The average Bonchev–Trinajstić information content (AvgIpc) is 2.75. The molecule has 4 heteroatoms. The third kappa shape index (κ3) is 4.11. The van der Waals surface area contributed by atoms with Gasteiger partial charge in [-0.3, -0.25) is 9.59 Å². The van der Waals surface area contributed by atoms with Crippen LogP contribution >= 0.6 is 0 Å². The third-order valence-corrected chi connectivity index (χ3v) is 5.38. The van der Waals surface area contributed by atoms with Gasteiger partial charge >= 0.3 is 0 Å². The number of hydrogen-bond donors (Lipinski definition) is 0. The van der Waals surface area contributed by atoms with E-state index in [9.17, 15) is 9.59 Å². The molecule has 0 aromatic heterocycles. The van der Waals surface area contributed by atoms with Crippen molar-refractivity contribution in [2.45, 2.75) is 51.6 Å². The van der Waals surface area contributed by atoms with Crippen molar-refractivity contribution in [3.05, 3.63) is 60.7 Å². The zero-order chi connectivity index (χ0) is 19.9. The van der Waals surface area contributed by atoms with Gasteiger partial charge in [-0.1, -0.05) is 63.1 Å². The normalized spacial score (nSPS) is 18.6. The van der Waals surface area contributed by atoms with E-state index >= 15 is 0 Å². The van der Waals surface area contributed by atoms with Gasteiger partial charge in [0, 0.05) is 24.5 Å². The third-order valence-electron chi connectivity index (χ3n) is 5.38. The molecule has 0 N–H and O–H groups in total. The molecule has 0 saturated heterocycles. The molecule has 2 aromatic carbocycles. The molecule has 0 bridgehead atoms. The van der Waals surface area contributed by atoms with E-state index in [-0.39, 0.29) is 11.6 Å². The van der Waals surface area contributed by atoms with Crippen LogP contribution in [0, 0.1) is 0 Å². The molecule has 4 nitrogen and oxygen atoms in total. The number of rotatable bonds is 10. The van der Waals surface area contributed by atoms with Crippen molar-refractivity contribution in [1.82, 2.24) is 0 Å². The zero-order valence-corrected chi connectivity index (χ0v) is 16.9. The Morgan fingerprint density at radius 2 is 1.00 bits per heavy atom. The van der Waals surface area contributed by atoms with Crippen molar-refractivity contribution in [2.24, 2.45) is 0 Å². The lowest BCUT2D eigenvalue weighted by molar-refractivity contribution is -0.141. The second-order valence-electron chi connectivity index (χ2n) is 7.37. The first-order chi connectivity index (χ1) is 13.7. The summed E-state index contributed by atoms with van der Waals surface area (Å²) in [7, 11) is 0. The van der Waals surface area contributed by atoms with Crippen LogP contribution < -0.4 is 9.80 Å². The van der Waals surface area contributed by atoms with E-state index in [1.54, 1.807) is 0 Å². The van der Waals surface area contributed by atoms with E-state index in [0.717, 1.165) is 50.1 Å². The largest absolute Gasteiger partial charge is 0.355 e. The second-order valence-corrected chi connectivity index (χ2v) is 7.37. The molecule has 1 aliphatic rings. The van der Waals surface area contributed by atoms with Crippen LogP contribution in [0.4, 0.5) is 11.4 Å². The van der Waals surface area contributed by atoms with Crippen LogP contribution in [0.25, 0.3) is 0 Å². The van der Waals surface area contributed by atoms with Crippen LogP contribution in [0.3, 0.4) is 0 Å². The SMILES string of the molecule is CCCCN(c1ccccc1)C1C(=O)C(N(CCCC)c2ccccc2)C1=O. The van der Waals surface area contributed by atoms with Gasteiger partial charge in [0.25, 0.3) is 0 Å². The number of ketones is 2. The lowest BCUT2D eigenvalue weighted by Crippen LogP contribution is -2.71. The van der Waals surface area contributed by atoms with E-state index in [4.69, 9.17) is 0 Å². The molecule has 0 amide bonds. The Morgan fingerprint density at radius 1 is 0.643 bits per heavy atom. The summed E-state index contributed by atoms with van der Waals surface area (Å²) in [4.78, 5) is 30.4. The number of para-hydroxylation sites is 2. The molecule has 0 unspecified atom stereocenters. The van der Waals surface area contributed by atoms with Gasteiger partial charge in [-0.05, 0) is 37.1 Å². The molecular formula is C24H30N2O2. The summed E-state index contributed by atoms with van der Waals surface area (Å²) in [6.07, 6.45) is 3.95. The highest BCUT2D eigenvalue weighted by Crippen LogP contribution is 2.31. The Bertz CT molecular complexity index is 696. The molecule has 2 aromatic rings. The van der Waals surface area contributed by atoms with Gasteiger partial charge in [0.05, 0.1) is 0 Å². The first-order valence-corrected chi connectivity index (χ1v) is 10.4. The molecule has 0 heterocycles. The fourth-order valence-corrected chi connectivity index (χ4v) is 3.81. The van der Waals surface area contributed by atoms with Gasteiger partial charge in [0.2, 0.25) is 0 Å². The van der Waals surface area contributed by atoms with Gasteiger partial charge in [-0.15, -0.1) is 0 Å². The topological polar surface area (TPSA) is 40.6 Å². The van der Waals surface area contributed by atoms with Crippen molar-refractivity contribution in [3.8, 4) is 0 Å². The predicted octanol–water partition coefficient (Wildman–Crippen LogP) is 4.49. The maximum Gasteiger partial charge on any atom is 0.192 e. The van der Waals surface area contributed by atoms with E-state index in [2.05, 4.69) is 13.8 Å². The molecule has 0 spiro atoms. The summed E-state index contributed by atoms with van der Waals surface area (Å²) in [6, 6.07) is 18.3. The van der Waals surface area contributed by atoms with E-state index in [0.29, 0.717) is 0 Å². The summed E-state index contributed by atoms with van der Waals surface area (Å²) < 4.78 is 0. The summed E-state index contributed by atoms with van der Waals surface area (Å²) in [6.45, 7) is 5.68. The Balaban J connectivity index is 1.84. The quantitative estimate of drug-likeness (QED) is 0.571. The van der Waals surface area contributed by atoms with E-state index in [1.807, 2.05) is 70.5 Å². The number of hydrogen-bond acceptors (Lipinski definition) is 4. The Morgan fingerprint density at radius 3 is 1.32 bits per heavy atom. The average molecular weight is 379 g/mol. The molecule has 148 valence electrons. The molecule has 0 atom stereocenters. The maximum atomic E-state index is 13.2. The number of benzene rings is 2. The smallest absolute Gasteiger partial charge is 0.192 e. The maximum absolute atomic E-state index is 13.2. The summed E-state index contributed by atoms with van der Waals surface area (Å²) >= 11 is 0. The minimum Gasteiger partial charge on any atom is -0.355 e. The van der Waals surface area contributed by atoms with Gasteiger partial charge in [0.1, 0.15) is 0 Å². The highest BCUT2D eigenvalue weighted by atomic mass is 16.2. The number of anilines is 2. The molecule has 3 rings (SSSR count). The fraction of sp³-hybridized carbons (Fsp3) is 0.417.